The molecule has 174 valence electrons. The molecule has 1 aliphatic rings. The van der Waals surface area contributed by atoms with Gasteiger partial charge in [-0.15, -0.1) is 0 Å². The molecule has 0 bridgehead atoms. The van der Waals surface area contributed by atoms with Gasteiger partial charge in [0.2, 0.25) is 0 Å². The van der Waals surface area contributed by atoms with Crippen molar-refractivity contribution in [1.29, 1.82) is 5.26 Å². The Morgan fingerprint density at radius 3 is 1.94 bits per heavy atom. The molecule has 0 amide bonds. The lowest BCUT2D eigenvalue weighted by atomic mass is 9.94. The minimum absolute atomic E-state index is 0.0462. The molecule has 0 spiro atoms. The summed E-state index contributed by atoms with van der Waals surface area (Å²) < 4.78 is 31.0. The van der Waals surface area contributed by atoms with E-state index < -0.39 is 22.1 Å². The fourth-order valence-electron chi connectivity index (χ4n) is 4.44. The topological polar surface area (TPSA) is 83.2 Å². The lowest BCUT2D eigenvalue weighted by molar-refractivity contribution is 0.529. The van der Waals surface area contributed by atoms with Crippen LogP contribution in [0.1, 0.15) is 28.8 Å². The van der Waals surface area contributed by atoms with Crippen LogP contribution in [0.15, 0.2) is 101 Å². The largest absolute Gasteiger partial charge is 0.284 e. The Morgan fingerprint density at radius 1 is 0.771 bits per heavy atom. The number of benzene rings is 3. The van der Waals surface area contributed by atoms with Crippen molar-refractivity contribution in [3.05, 3.63) is 128 Å². The number of aromatic nitrogens is 1. The van der Waals surface area contributed by atoms with E-state index in [-0.39, 0.29) is 21.8 Å². The zero-order chi connectivity index (χ0) is 24.7. The number of hydrogen-bond donors (Lipinski definition) is 0. The van der Waals surface area contributed by atoms with Gasteiger partial charge in [-0.2, -0.15) is 5.26 Å². The molecule has 35 heavy (non-hydrogen) atoms. The normalized spacial score (nSPS) is 17.1. The van der Waals surface area contributed by atoms with Crippen LogP contribution in [0.2, 0.25) is 10.0 Å². The maximum Gasteiger partial charge on any atom is 0.266 e. The Labute approximate surface area is 212 Å². The van der Waals surface area contributed by atoms with Gasteiger partial charge < -0.3 is 0 Å². The third-order valence-electron chi connectivity index (χ3n) is 5.97. The number of halogens is 2. The molecule has 5 rings (SSSR count). The van der Waals surface area contributed by atoms with Gasteiger partial charge in [-0.3, -0.25) is 9.36 Å². The van der Waals surface area contributed by atoms with Gasteiger partial charge in [0, 0.05) is 16.1 Å². The summed E-state index contributed by atoms with van der Waals surface area (Å²) in [6.45, 7) is 0. The van der Waals surface area contributed by atoms with E-state index in [9.17, 15) is 18.5 Å². The zero-order valence-electron chi connectivity index (χ0n) is 18.0. The number of sulfonamides is 1. The number of nitrogens with zero attached hydrogens (tertiary/aromatic N) is 3. The summed E-state index contributed by atoms with van der Waals surface area (Å²) >= 11 is 12.2. The maximum absolute atomic E-state index is 14.1. The number of anilines is 1. The van der Waals surface area contributed by atoms with Crippen molar-refractivity contribution in [2.45, 2.75) is 17.0 Å². The van der Waals surface area contributed by atoms with Gasteiger partial charge in [-0.05, 0) is 59.7 Å². The molecule has 3 aromatic carbocycles. The fourth-order valence-corrected chi connectivity index (χ4v) is 6.38. The smallest absolute Gasteiger partial charge is 0.266 e. The van der Waals surface area contributed by atoms with E-state index >= 15 is 0 Å². The highest BCUT2D eigenvalue weighted by atomic mass is 35.5. The lowest BCUT2D eigenvalue weighted by Gasteiger charge is -2.29. The third kappa shape index (κ3) is 4.00. The van der Waals surface area contributed by atoms with Crippen molar-refractivity contribution in [1.82, 2.24) is 4.57 Å². The molecular weight excluding hydrogens is 505 g/mol. The first-order valence-corrected chi connectivity index (χ1v) is 12.8. The fraction of sp³-hybridized carbons (Fsp3) is 0.0769. The van der Waals surface area contributed by atoms with E-state index in [1.807, 2.05) is 6.07 Å². The maximum atomic E-state index is 14.1. The highest BCUT2D eigenvalue weighted by molar-refractivity contribution is 7.92. The van der Waals surface area contributed by atoms with Crippen LogP contribution in [0.25, 0.3) is 0 Å². The number of hydrogen-bond acceptors (Lipinski definition) is 4. The van der Waals surface area contributed by atoms with Crippen molar-refractivity contribution in [2.24, 2.45) is 0 Å². The zero-order valence-corrected chi connectivity index (χ0v) is 20.4. The highest BCUT2D eigenvalue weighted by Crippen LogP contribution is 2.49. The first-order valence-electron chi connectivity index (χ1n) is 10.6. The first kappa shape index (κ1) is 23.2. The molecule has 6 nitrogen and oxygen atoms in total. The monoisotopic (exact) mass is 521 g/mol. The van der Waals surface area contributed by atoms with Gasteiger partial charge in [0.25, 0.3) is 15.6 Å². The summed E-state index contributed by atoms with van der Waals surface area (Å²) in [5.74, 6) is 0.222. The van der Waals surface area contributed by atoms with Crippen LogP contribution in [-0.2, 0) is 10.0 Å². The molecular formula is C26H17Cl2N3O3S. The molecule has 1 aromatic heterocycles. The molecule has 4 aromatic rings. The van der Waals surface area contributed by atoms with Gasteiger partial charge in [-0.25, -0.2) is 12.7 Å². The quantitative estimate of drug-likeness (QED) is 0.351. The second kappa shape index (κ2) is 8.90. The van der Waals surface area contributed by atoms with Gasteiger partial charge in [0.1, 0.15) is 5.82 Å². The molecule has 0 saturated heterocycles. The average molecular weight is 522 g/mol. The number of fused-ring (bicyclic) bond motifs is 1. The minimum atomic E-state index is -4.19. The van der Waals surface area contributed by atoms with Crippen LogP contribution >= 0.6 is 23.2 Å². The highest BCUT2D eigenvalue weighted by Gasteiger charge is 2.47. The van der Waals surface area contributed by atoms with Crippen LogP contribution in [0, 0.1) is 11.3 Å². The van der Waals surface area contributed by atoms with Crippen LogP contribution in [0.5, 0.6) is 0 Å². The summed E-state index contributed by atoms with van der Waals surface area (Å²) in [6.07, 6.45) is 0. The van der Waals surface area contributed by atoms with Crippen molar-refractivity contribution < 1.29 is 8.42 Å². The molecule has 9 heteroatoms. The second-order valence-corrected chi connectivity index (χ2v) is 10.7. The van der Waals surface area contributed by atoms with Crippen LogP contribution < -0.4 is 9.86 Å². The molecule has 0 saturated carbocycles. The van der Waals surface area contributed by atoms with Gasteiger partial charge in [-0.1, -0.05) is 59.6 Å². The van der Waals surface area contributed by atoms with E-state index in [0.29, 0.717) is 21.2 Å². The average Bonchev–Trinajstić information content (AvgIpc) is 3.22. The van der Waals surface area contributed by atoms with E-state index in [4.69, 9.17) is 23.2 Å². The predicted molar refractivity (Wildman–Crippen MR) is 135 cm³/mol. The van der Waals surface area contributed by atoms with E-state index in [2.05, 4.69) is 0 Å². The van der Waals surface area contributed by atoms with Crippen LogP contribution in [0.3, 0.4) is 0 Å². The number of rotatable bonds is 4. The first-order chi connectivity index (χ1) is 16.8. The summed E-state index contributed by atoms with van der Waals surface area (Å²) in [6, 6.07) is 24.7. The Balaban J connectivity index is 1.81. The molecule has 0 fully saturated rings. The minimum Gasteiger partial charge on any atom is -0.284 e. The Morgan fingerprint density at radius 2 is 1.34 bits per heavy atom. The third-order valence-corrected chi connectivity index (χ3v) is 8.25. The summed E-state index contributed by atoms with van der Waals surface area (Å²) in [5.41, 5.74) is 1.24. The van der Waals surface area contributed by atoms with Crippen molar-refractivity contribution in [3.8, 4) is 6.07 Å². The van der Waals surface area contributed by atoms with E-state index in [1.54, 1.807) is 54.6 Å². The Bertz CT molecular complexity index is 1630. The number of pyridine rings is 1. The van der Waals surface area contributed by atoms with Crippen molar-refractivity contribution in [2.75, 3.05) is 4.31 Å². The van der Waals surface area contributed by atoms with Gasteiger partial charge in [0.05, 0.1) is 28.6 Å². The Kier molecular flexibility index (Phi) is 5.89. The van der Waals surface area contributed by atoms with Gasteiger partial charge >= 0.3 is 0 Å². The summed E-state index contributed by atoms with van der Waals surface area (Å²) in [4.78, 5) is 13.1. The van der Waals surface area contributed by atoms with Gasteiger partial charge in [0.15, 0.2) is 0 Å². The van der Waals surface area contributed by atoms with Crippen molar-refractivity contribution >= 4 is 39.0 Å². The van der Waals surface area contributed by atoms with Crippen LogP contribution in [-0.4, -0.2) is 13.0 Å². The van der Waals surface area contributed by atoms with E-state index in [0.717, 1.165) is 0 Å². The van der Waals surface area contributed by atoms with Crippen molar-refractivity contribution in [3.63, 3.8) is 0 Å². The summed E-state index contributed by atoms with van der Waals surface area (Å²) in [5, 5.41) is 10.4. The molecule has 2 heterocycles. The molecule has 0 radical (unpaired) electrons. The number of nitriles is 1. The molecule has 0 aliphatic carbocycles. The SMILES string of the molecule is N#Cc1cccc(S(=O)(=O)N2c3cccc(=O)n3C(c3ccc(Cl)cc3)C2c2ccc(Cl)cc2)c1. The predicted octanol–water partition coefficient (Wildman–Crippen LogP) is 5.57. The lowest BCUT2D eigenvalue weighted by Crippen LogP contribution is -2.33. The van der Waals surface area contributed by atoms with E-state index in [1.165, 1.54) is 45.3 Å². The standard InChI is InChI=1S/C26H17Cl2N3O3S/c27-20-11-7-18(8-12-20)25-26(19-9-13-21(28)14-10-19)31(23-5-2-6-24(32)30(23)25)35(33,34)22-4-1-3-17(15-22)16-29/h1-15,25-26H. The second-order valence-electron chi connectivity index (χ2n) is 8.03. The molecule has 2 unspecified atom stereocenters. The summed E-state index contributed by atoms with van der Waals surface area (Å²) in [7, 11) is -4.19. The molecule has 2 atom stereocenters. The molecule has 0 N–H and O–H groups in total. The Hall–Kier alpha value is -3.57. The molecule has 1 aliphatic heterocycles. The van der Waals surface area contributed by atoms with Crippen LogP contribution in [0.4, 0.5) is 5.82 Å².